The Morgan fingerprint density at radius 3 is 1.90 bits per heavy atom. The van der Waals surface area contributed by atoms with Gasteiger partial charge in [0, 0.05) is 13.2 Å². The lowest BCUT2D eigenvalue weighted by atomic mass is 9.53. The Morgan fingerprint density at radius 2 is 1.65 bits per heavy atom. The topological polar surface area (TPSA) is 12.5 Å². The molecule has 1 rings (SSSR count). The van der Waals surface area contributed by atoms with E-state index >= 15 is 0 Å². The molecule has 1 aliphatic rings. The Bertz CT molecular complexity index is 327. The largest absolute Gasteiger partial charge is 0.613 e. The van der Waals surface area contributed by atoms with Crippen LogP contribution in [0.1, 0.15) is 41.0 Å². The van der Waals surface area contributed by atoms with Crippen molar-refractivity contribution in [1.82, 2.24) is 3.46 Å². The lowest BCUT2D eigenvalue weighted by Gasteiger charge is -2.36. The first-order chi connectivity index (χ1) is 9.29. The van der Waals surface area contributed by atoms with E-state index in [2.05, 4.69) is 37.3 Å². The molecule has 0 saturated carbocycles. The van der Waals surface area contributed by atoms with Crippen molar-refractivity contribution >= 4 is 47.7 Å². The molecular weight excluding hydrogens is 323 g/mol. The van der Waals surface area contributed by atoms with Gasteiger partial charge in [-0.25, -0.2) is 20.1 Å². The molecule has 0 atom stereocenters. The minimum Gasteiger partial charge on any atom is -0.417 e. The van der Waals surface area contributed by atoms with E-state index in [-0.39, 0.29) is 0 Å². The Kier molecular flexibility index (Phi) is 10.5. The van der Waals surface area contributed by atoms with Gasteiger partial charge < -0.3 is 8.20 Å². The van der Waals surface area contributed by atoms with Crippen LogP contribution in [0.15, 0.2) is 10.7 Å². The molecule has 0 spiro atoms. The molecule has 1 aliphatic heterocycles. The maximum atomic E-state index is 6.27. The molecule has 0 unspecified atom stereocenters. The molecule has 0 saturated heterocycles. The molecule has 0 radical (unpaired) electrons. The molecule has 0 fully saturated rings. The summed E-state index contributed by atoms with van der Waals surface area (Å²) >= 11 is -1.72. The summed E-state index contributed by atoms with van der Waals surface area (Å²) in [5.74, 6) is 0. The summed E-state index contributed by atoms with van der Waals surface area (Å²) < 4.78 is 7.32. The Hall–Kier alpha value is 1.05. The van der Waals surface area contributed by atoms with Gasteiger partial charge in [-0.05, 0) is 27.2 Å². The smallest absolute Gasteiger partial charge is 0.417 e. The summed E-state index contributed by atoms with van der Waals surface area (Å²) in [4.78, 5) is 0. The van der Waals surface area contributed by atoms with Gasteiger partial charge in [0.25, 0.3) is 0 Å². The molecule has 2 nitrogen and oxygen atoms in total. The number of hydrogen-bond donors (Lipinski definition) is 0. The van der Waals surface area contributed by atoms with Gasteiger partial charge in [0.05, 0.1) is 0 Å². The molecule has 0 aliphatic carbocycles. The minimum atomic E-state index is -1.72. The Balaban J connectivity index is 0.000000621. The van der Waals surface area contributed by atoms with Crippen LogP contribution in [0.3, 0.4) is 0 Å². The Labute approximate surface area is 140 Å². The fraction of sp³-hybridized carbons (Fsp3) is 0.846. The van der Waals surface area contributed by atoms with Gasteiger partial charge in [0.1, 0.15) is 8.24 Å². The average Bonchev–Trinajstić information content (AvgIpc) is 2.58. The monoisotopic (exact) mass is 351 g/mol. The summed E-state index contributed by atoms with van der Waals surface area (Å²) in [6.07, 6.45) is 2.28. The van der Waals surface area contributed by atoms with Crippen LogP contribution >= 0.6 is 20.1 Å². The van der Waals surface area contributed by atoms with Gasteiger partial charge in [0.15, 0.2) is 0 Å². The van der Waals surface area contributed by atoms with Crippen LogP contribution in [0.2, 0.25) is 19.4 Å². The van der Waals surface area contributed by atoms with Crippen molar-refractivity contribution in [3.63, 3.8) is 0 Å². The lowest BCUT2D eigenvalue weighted by Crippen LogP contribution is -2.55. The summed E-state index contributed by atoms with van der Waals surface area (Å²) in [6.45, 7) is 17.7. The first kappa shape index (κ1) is 21.1. The van der Waals surface area contributed by atoms with Crippen molar-refractivity contribution in [2.45, 2.75) is 60.5 Å². The predicted octanol–water partition coefficient (Wildman–Crippen LogP) is 4.83. The number of halogens is 2. The van der Waals surface area contributed by atoms with Gasteiger partial charge in [0.2, 0.25) is 6.85 Å². The lowest BCUT2D eigenvalue weighted by molar-refractivity contribution is 0.162. The number of nitrogens with zero attached hydrogens (tertiary/aromatic N) is 1. The van der Waals surface area contributed by atoms with Gasteiger partial charge in [-0.2, -0.15) is 0 Å². The van der Waals surface area contributed by atoms with Crippen molar-refractivity contribution in [2.75, 3.05) is 13.2 Å². The highest BCUT2D eigenvalue weighted by atomic mass is 35.7. The average molecular weight is 352 g/mol. The van der Waals surface area contributed by atoms with Crippen LogP contribution in [-0.4, -0.2) is 44.3 Å². The highest BCUT2D eigenvalue weighted by molar-refractivity contribution is 7.37. The summed E-state index contributed by atoms with van der Waals surface area (Å²) in [7, 11) is 11.0. The van der Waals surface area contributed by atoms with Crippen LogP contribution < -0.4 is 0 Å². The van der Waals surface area contributed by atoms with Gasteiger partial charge in [-0.3, -0.25) is 0 Å². The molecule has 0 aromatic rings. The quantitative estimate of drug-likeness (QED) is 0.658. The first-order valence-corrected chi connectivity index (χ1v) is 14.6. The van der Waals surface area contributed by atoms with Crippen LogP contribution in [0.4, 0.5) is 0 Å². The van der Waals surface area contributed by atoms with Crippen molar-refractivity contribution in [3.05, 3.63) is 10.7 Å². The zero-order valence-corrected chi connectivity index (χ0v) is 17.8. The number of ether oxygens (including phenoxy) is 1. The standard InChI is InChI=1S/C9H19BNSi.C4H10O.Al.2ClH/c1-6-9-8(3)12(4,5)11-10(9)7-2;1-3-5-4-2;;;/h6-7H2,1-5H3;3-4H2,1-2H3;;2*1H/q-1;;+3;;/p-2. The fourth-order valence-electron chi connectivity index (χ4n) is 2.92. The van der Waals surface area contributed by atoms with Gasteiger partial charge >= 0.3 is 12.5 Å². The maximum Gasteiger partial charge on any atom is 0.613 e. The van der Waals surface area contributed by atoms with E-state index in [0.29, 0.717) is 6.85 Å². The predicted molar refractivity (Wildman–Crippen MR) is 98.2 cm³/mol. The second kappa shape index (κ2) is 9.95. The minimum absolute atomic E-state index is 0.531. The molecule has 0 bridgehead atoms. The van der Waals surface area contributed by atoms with Crippen molar-refractivity contribution in [3.8, 4) is 0 Å². The highest BCUT2D eigenvalue weighted by Gasteiger charge is 2.50. The van der Waals surface area contributed by atoms with Crippen LogP contribution in [0, 0.1) is 0 Å². The van der Waals surface area contributed by atoms with Crippen LogP contribution in [0.5, 0.6) is 0 Å². The van der Waals surface area contributed by atoms with Crippen molar-refractivity contribution < 1.29 is 4.74 Å². The molecule has 0 amide bonds. The van der Waals surface area contributed by atoms with Crippen molar-refractivity contribution in [1.29, 1.82) is 0 Å². The summed E-state index contributed by atoms with van der Waals surface area (Å²) in [5.41, 5.74) is 1.60. The molecule has 7 heteroatoms. The zero-order chi connectivity index (χ0) is 15.9. The number of allylic oxidation sites excluding steroid dienone is 2. The van der Waals surface area contributed by atoms with Crippen LogP contribution in [0.25, 0.3) is 0 Å². The van der Waals surface area contributed by atoms with E-state index in [4.69, 9.17) is 24.8 Å². The SMILES string of the molecule is CCB1C(CC)=C(C)[Si](C)(C)[N]1[Al]([Cl])[Cl].CCOCC. The normalized spacial score (nSPS) is 18.1. The molecule has 0 N–H and O–H groups in total. The summed E-state index contributed by atoms with van der Waals surface area (Å²) in [6, 6.07) is 0. The second-order valence-corrected chi connectivity index (χ2v) is 14.6. The third kappa shape index (κ3) is 5.05. The highest BCUT2D eigenvalue weighted by Crippen LogP contribution is 2.38. The molecule has 0 aromatic carbocycles. The molecular formula is C13H29AlBCl2NOSi. The Morgan fingerprint density at radius 1 is 1.15 bits per heavy atom. The van der Waals surface area contributed by atoms with E-state index in [1.54, 1.807) is 10.7 Å². The van der Waals surface area contributed by atoms with E-state index < -0.39 is 20.8 Å². The maximum absolute atomic E-state index is 6.27. The molecule has 116 valence electrons. The molecule has 1 heterocycles. The van der Waals surface area contributed by atoms with E-state index in [9.17, 15) is 0 Å². The summed E-state index contributed by atoms with van der Waals surface area (Å²) in [5, 5.41) is 1.61. The van der Waals surface area contributed by atoms with Crippen LogP contribution in [-0.2, 0) is 4.74 Å². The van der Waals surface area contributed by atoms with Gasteiger partial charge in [-0.15, -0.1) is 0 Å². The van der Waals surface area contributed by atoms with Crippen molar-refractivity contribution in [2.24, 2.45) is 0 Å². The number of rotatable bonds is 5. The third-order valence-corrected chi connectivity index (χ3v) is 13.7. The fourth-order valence-corrected chi connectivity index (χ4v) is 14.0. The second-order valence-electron chi connectivity index (χ2n) is 5.45. The van der Waals surface area contributed by atoms with E-state index in [0.717, 1.165) is 26.0 Å². The van der Waals surface area contributed by atoms with Gasteiger partial charge in [-0.1, -0.05) is 43.9 Å². The first-order valence-electron chi connectivity index (χ1n) is 7.63. The molecule has 0 aromatic heterocycles. The van der Waals surface area contributed by atoms with E-state index in [1.165, 1.54) is 0 Å². The molecule has 20 heavy (non-hydrogen) atoms. The zero-order valence-electron chi connectivity index (χ0n) is 14.1. The number of hydrogen-bond acceptors (Lipinski definition) is 2. The third-order valence-electron chi connectivity index (χ3n) is 4.17. The van der Waals surface area contributed by atoms with E-state index in [1.807, 2.05) is 13.8 Å².